The molecule has 0 radical (unpaired) electrons. The van der Waals surface area contributed by atoms with Crippen LogP contribution in [0.2, 0.25) is 0 Å². The molecule has 0 aliphatic carbocycles. The van der Waals surface area contributed by atoms with Crippen LogP contribution in [0.5, 0.6) is 11.5 Å². The maximum Gasteiger partial charge on any atom is 0.263 e. The van der Waals surface area contributed by atoms with E-state index in [1.54, 1.807) is 31.1 Å². The molecule has 2 atom stereocenters. The molecule has 6 heteroatoms. The third-order valence-electron chi connectivity index (χ3n) is 3.65. The fourth-order valence-corrected chi connectivity index (χ4v) is 2.35. The van der Waals surface area contributed by atoms with Crippen LogP contribution in [0.25, 0.3) is 0 Å². The molecule has 1 amide bonds. The Kier molecular flexibility index (Phi) is 6.78. The van der Waals surface area contributed by atoms with Gasteiger partial charge in [-0.2, -0.15) is 0 Å². The number of nitrogens with zero attached hydrogens (tertiary/aromatic N) is 1. The van der Waals surface area contributed by atoms with E-state index in [1.807, 2.05) is 19.2 Å². The van der Waals surface area contributed by atoms with Gasteiger partial charge in [-0.05, 0) is 44.2 Å². The van der Waals surface area contributed by atoms with Gasteiger partial charge in [-0.25, -0.2) is 0 Å². The molecule has 5 nitrogen and oxygen atoms in total. The minimum Gasteiger partial charge on any atom is -0.497 e. The highest BCUT2D eigenvalue weighted by atomic mass is 35.5. The van der Waals surface area contributed by atoms with E-state index < -0.39 is 6.10 Å². The van der Waals surface area contributed by atoms with E-state index in [1.165, 1.54) is 0 Å². The van der Waals surface area contributed by atoms with Crippen molar-refractivity contribution in [2.24, 2.45) is 0 Å². The Balaban J connectivity index is 0.00000220. The predicted molar refractivity (Wildman–Crippen MR) is 84.4 cm³/mol. The van der Waals surface area contributed by atoms with Gasteiger partial charge in [0, 0.05) is 19.6 Å². The lowest BCUT2D eigenvalue weighted by Gasteiger charge is -2.27. The highest BCUT2D eigenvalue weighted by molar-refractivity contribution is 5.85. The van der Waals surface area contributed by atoms with Crippen LogP contribution in [-0.2, 0) is 4.79 Å². The molecule has 0 bridgehead atoms. The third-order valence-corrected chi connectivity index (χ3v) is 3.65. The summed E-state index contributed by atoms with van der Waals surface area (Å²) in [5.41, 5.74) is 0. The van der Waals surface area contributed by atoms with Gasteiger partial charge in [-0.1, -0.05) is 0 Å². The maximum atomic E-state index is 12.3. The van der Waals surface area contributed by atoms with Crippen LogP contribution < -0.4 is 14.8 Å². The lowest BCUT2D eigenvalue weighted by molar-refractivity contribution is -0.138. The summed E-state index contributed by atoms with van der Waals surface area (Å²) >= 11 is 0. The third kappa shape index (κ3) is 4.51. The van der Waals surface area contributed by atoms with Crippen molar-refractivity contribution >= 4 is 18.3 Å². The van der Waals surface area contributed by atoms with Crippen LogP contribution in [-0.4, -0.2) is 50.2 Å². The number of benzene rings is 1. The number of carbonyl (C=O) groups is 1. The van der Waals surface area contributed by atoms with E-state index in [0.29, 0.717) is 5.75 Å². The molecule has 2 unspecified atom stereocenters. The monoisotopic (exact) mass is 314 g/mol. The number of rotatable bonds is 5. The molecule has 1 aliphatic rings. The lowest BCUT2D eigenvalue weighted by Crippen LogP contribution is -2.44. The van der Waals surface area contributed by atoms with E-state index in [2.05, 4.69) is 5.32 Å². The molecule has 1 aromatic rings. The van der Waals surface area contributed by atoms with Crippen LogP contribution in [0.1, 0.15) is 13.3 Å². The van der Waals surface area contributed by atoms with E-state index in [-0.39, 0.29) is 24.4 Å². The second-order valence-electron chi connectivity index (χ2n) is 5.03. The minimum absolute atomic E-state index is 0. The fourth-order valence-electron chi connectivity index (χ4n) is 2.35. The number of methoxy groups -OCH3 is 1. The van der Waals surface area contributed by atoms with Gasteiger partial charge in [0.1, 0.15) is 11.5 Å². The Bertz CT molecular complexity index is 447. The SMILES string of the molecule is COc1ccc(OC(C)C(=O)N(C)C2CCNC2)cc1.Cl. The van der Waals surface area contributed by atoms with Crippen molar-refractivity contribution in [2.75, 3.05) is 27.2 Å². The summed E-state index contributed by atoms with van der Waals surface area (Å²) in [5, 5.41) is 3.26. The summed E-state index contributed by atoms with van der Waals surface area (Å²) in [6, 6.07) is 7.51. The molecule has 1 saturated heterocycles. The van der Waals surface area contributed by atoms with E-state index in [9.17, 15) is 4.79 Å². The van der Waals surface area contributed by atoms with Crippen molar-refractivity contribution in [3.05, 3.63) is 24.3 Å². The van der Waals surface area contributed by atoms with Crippen molar-refractivity contribution in [1.82, 2.24) is 10.2 Å². The number of hydrogen-bond donors (Lipinski definition) is 1. The molecule has 1 heterocycles. The number of amides is 1. The summed E-state index contributed by atoms with van der Waals surface area (Å²) in [4.78, 5) is 14.1. The average Bonchev–Trinajstić information content (AvgIpc) is 3.00. The molecule has 0 spiro atoms. The summed E-state index contributed by atoms with van der Waals surface area (Å²) in [6.07, 6.45) is 0.506. The summed E-state index contributed by atoms with van der Waals surface area (Å²) in [7, 11) is 3.46. The zero-order valence-corrected chi connectivity index (χ0v) is 13.5. The topological polar surface area (TPSA) is 50.8 Å². The highest BCUT2D eigenvalue weighted by Gasteiger charge is 2.27. The van der Waals surface area contributed by atoms with Crippen LogP contribution >= 0.6 is 12.4 Å². The molecule has 21 heavy (non-hydrogen) atoms. The molecule has 0 aromatic heterocycles. The number of ether oxygens (including phenoxy) is 2. The second kappa shape index (κ2) is 8.10. The first-order chi connectivity index (χ1) is 9.61. The Labute approximate surface area is 132 Å². The van der Waals surface area contributed by atoms with Gasteiger partial charge < -0.3 is 19.7 Å². The quantitative estimate of drug-likeness (QED) is 0.899. The van der Waals surface area contributed by atoms with Gasteiger partial charge in [0.2, 0.25) is 0 Å². The first-order valence-corrected chi connectivity index (χ1v) is 6.90. The van der Waals surface area contributed by atoms with Gasteiger partial charge in [0.25, 0.3) is 5.91 Å². The number of likely N-dealkylation sites (N-methyl/N-ethyl adjacent to an activating group) is 1. The van der Waals surface area contributed by atoms with Crippen LogP contribution in [0, 0.1) is 0 Å². The highest BCUT2D eigenvalue weighted by Crippen LogP contribution is 2.19. The summed E-state index contributed by atoms with van der Waals surface area (Å²) in [6.45, 7) is 3.61. The molecule has 1 aliphatic heterocycles. The lowest BCUT2D eigenvalue weighted by atomic mass is 10.2. The number of carbonyl (C=O) groups excluding carboxylic acids is 1. The van der Waals surface area contributed by atoms with Crippen molar-refractivity contribution in [1.29, 1.82) is 0 Å². The van der Waals surface area contributed by atoms with E-state index >= 15 is 0 Å². The van der Waals surface area contributed by atoms with Gasteiger partial charge in [0.05, 0.1) is 7.11 Å². The number of nitrogens with one attached hydrogen (secondary N) is 1. The Morgan fingerprint density at radius 2 is 1.95 bits per heavy atom. The van der Waals surface area contributed by atoms with Crippen molar-refractivity contribution in [3.63, 3.8) is 0 Å². The van der Waals surface area contributed by atoms with Crippen LogP contribution in [0.15, 0.2) is 24.3 Å². The van der Waals surface area contributed by atoms with E-state index in [4.69, 9.17) is 9.47 Å². The largest absolute Gasteiger partial charge is 0.497 e. The normalized spacial score (nSPS) is 18.5. The molecule has 2 rings (SSSR count). The summed E-state index contributed by atoms with van der Waals surface area (Å²) < 4.78 is 10.8. The Hall–Kier alpha value is -1.46. The smallest absolute Gasteiger partial charge is 0.263 e. The second-order valence-corrected chi connectivity index (χ2v) is 5.03. The van der Waals surface area contributed by atoms with Gasteiger partial charge in [-0.3, -0.25) is 4.79 Å². The molecule has 118 valence electrons. The van der Waals surface area contributed by atoms with Gasteiger partial charge in [0.15, 0.2) is 6.10 Å². The predicted octanol–water partition coefficient (Wildman–Crippen LogP) is 1.70. The average molecular weight is 315 g/mol. The maximum absolute atomic E-state index is 12.3. The van der Waals surface area contributed by atoms with Gasteiger partial charge in [-0.15, -0.1) is 12.4 Å². The van der Waals surface area contributed by atoms with Crippen molar-refractivity contribution < 1.29 is 14.3 Å². The van der Waals surface area contributed by atoms with Crippen molar-refractivity contribution in [3.8, 4) is 11.5 Å². The summed E-state index contributed by atoms with van der Waals surface area (Å²) in [5.74, 6) is 1.45. The zero-order valence-electron chi connectivity index (χ0n) is 12.7. The standard InChI is InChI=1S/C15H22N2O3.ClH/c1-11(15(18)17(2)12-8-9-16-10-12)20-14-6-4-13(19-3)5-7-14;/h4-7,11-12,16H,8-10H2,1-3H3;1H. The number of halogens is 1. The Morgan fingerprint density at radius 1 is 1.33 bits per heavy atom. The Morgan fingerprint density at radius 3 is 2.48 bits per heavy atom. The van der Waals surface area contributed by atoms with Gasteiger partial charge >= 0.3 is 0 Å². The molecular weight excluding hydrogens is 292 g/mol. The number of hydrogen-bond acceptors (Lipinski definition) is 4. The molecule has 0 saturated carbocycles. The van der Waals surface area contributed by atoms with Crippen molar-refractivity contribution in [2.45, 2.75) is 25.5 Å². The first kappa shape index (κ1) is 17.6. The molecule has 1 aromatic carbocycles. The first-order valence-electron chi connectivity index (χ1n) is 6.90. The fraction of sp³-hybridized carbons (Fsp3) is 0.533. The molecule has 1 fully saturated rings. The van der Waals surface area contributed by atoms with E-state index in [0.717, 1.165) is 25.3 Å². The molecular formula is C15H23ClN2O3. The minimum atomic E-state index is -0.492. The zero-order chi connectivity index (χ0) is 14.5. The molecule has 1 N–H and O–H groups in total. The van der Waals surface area contributed by atoms with Crippen LogP contribution in [0.3, 0.4) is 0 Å². The van der Waals surface area contributed by atoms with Crippen LogP contribution in [0.4, 0.5) is 0 Å².